The van der Waals surface area contributed by atoms with E-state index >= 15 is 0 Å². The van der Waals surface area contributed by atoms with E-state index in [4.69, 9.17) is 0 Å². The molecule has 1 aliphatic heterocycles. The Morgan fingerprint density at radius 3 is 2.60 bits per heavy atom. The van der Waals surface area contributed by atoms with Crippen molar-refractivity contribution < 1.29 is 8.42 Å². The molecule has 1 aromatic rings. The fourth-order valence-corrected chi connectivity index (χ4v) is 5.42. The van der Waals surface area contributed by atoms with Gasteiger partial charge in [0.25, 0.3) is 0 Å². The Bertz CT molecular complexity index is 582. The Morgan fingerprint density at radius 1 is 1.15 bits per heavy atom. The van der Waals surface area contributed by atoms with E-state index in [1.807, 2.05) is 0 Å². The predicted octanol–water partition coefficient (Wildman–Crippen LogP) is 2.65. The molecule has 0 radical (unpaired) electrons. The van der Waals surface area contributed by atoms with Crippen LogP contribution in [-0.4, -0.2) is 26.5 Å². The summed E-state index contributed by atoms with van der Waals surface area (Å²) < 4.78 is 23.0. The third-order valence-corrected chi connectivity index (χ3v) is 6.61. The second kappa shape index (κ2) is 5.49. The first-order valence-corrected chi connectivity index (χ1v) is 9.40. The summed E-state index contributed by atoms with van der Waals surface area (Å²) in [5.41, 5.74) is 2.86. The maximum Gasteiger partial charge on any atom is 0.150 e. The molecule has 3 rings (SSSR count). The fraction of sp³-hybridized carbons (Fsp3) is 0.625. The molecule has 1 fully saturated rings. The van der Waals surface area contributed by atoms with Crippen molar-refractivity contribution in [3.63, 3.8) is 0 Å². The van der Waals surface area contributed by atoms with Crippen molar-refractivity contribution in [2.24, 2.45) is 5.92 Å². The van der Waals surface area contributed by atoms with E-state index < -0.39 is 9.84 Å². The second-order valence-corrected chi connectivity index (χ2v) is 8.57. The summed E-state index contributed by atoms with van der Waals surface area (Å²) in [5, 5.41) is 3.61. The minimum atomic E-state index is -2.76. The molecule has 0 bridgehead atoms. The molecule has 3 atom stereocenters. The highest BCUT2D eigenvalue weighted by Crippen LogP contribution is 2.37. The van der Waals surface area contributed by atoms with E-state index in [1.165, 1.54) is 17.5 Å². The Labute approximate surface area is 121 Å². The molecule has 20 heavy (non-hydrogen) atoms. The third kappa shape index (κ3) is 2.91. The number of sulfone groups is 1. The van der Waals surface area contributed by atoms with Crippen molar-refractivity contribution in [1.29, 1.82) is 0 Å². The number of fused-ring (bicyclic) bond motifs is 1. The topological polar surface area (TPSA) is 46.2 Å². The average molecular weight is 293 g/mol. The van der Waals surface area contributed by atoms with Gasteiger partial charge < -0.3 is 5.32 Å². The Morgan fingerprint density at radius 2 is 1.90 bits per heavy atom. The van der Waals surface area contributed by atoms with Crippen LogP contribution in [-0.2, 0) is 9.84 Å². The second-order valence-electron chi connectivity index (χ2n) is 6.34. The van der Waals surface area contributed by atoms with Crippen LogP contribution in [0.4, 0.5) is 0 Å². The first kappa shape index (κ1) is 14.1. The van der Waals surface area contributed by atoms with Gasteiger partial charge in [0.05, 0.1) is 11.5 Å². The van der Waals surface area contributed by atoms with E-state index in [-0.39, 0.29) is 0 Å². The molecular weight excluding hydrogens is 270 g/mol. The van der Waals surface area contributed by atoms with Crippen molar-refractivity contribution in [3.8, 4) is 0 Å². The molecule has 0 spiro atoms. The van der Waals surface area contributed by atoms with Gasteiger partial charge in [0.2, 0.25) is 0 Å². The van der Waals surface area contributed by atoms with E-state index in [9.17, 15) is 8.42 Å². The summed E-state index contributed by atoms with van der Waals surface area (Å²) in [6.07, 6.45) is 3.18. The molecule has 1 N–H and O–H groups in total. The maximum atomic E-state index is 11.5. The van der Waals surface area contributed by atoms with Crippen LogP contribution in [0.2, 0.25) is 0 Å². The molecule has 4 heteroatoms. The highest BCUT2D eigenvalue weighted by Gasteiger charge is 2.29. The third-order valence-electron chi connectivity index (χ3n) is 4.77. The lowest BCUT2D eigenvalue weighted by Gasteiger charge is -2.31. The summed E-state index contributed by atoms with van der Waals surface area (Å²) >= 11 is 0. The van der Waals surface area contributed by atoms with Gasteiger partial charge >= 0.3 is 0 Å². The molecule has 1 saturated heterocycles. The number of hydrogen-bond acceptors (Lipinski definition) is 3. The van der Waals surface area contributed by atoms with Crippen LogP contribution in [0.15, 0.2) is 24.3 Å². The normalized spacial score (nSPS) is 31.9. The minimum absolute atomic E-state index is 0.298. The van der Waals surface area contributed by atoms with Crippen LogP contribution in [0, 0.1) is 5.92 Å². The van der Waals surface area contributed by atoms with E-state index in [1.54, 1.807) is 0 Å². The van der Waals surface area contributed by atoms with E-state index in [2.05, 4.69) is 36.5 Å². The SMILES string of the molecule is CC1CCC(NCC2CCS(=O)(=O)C2)c2ccccc21. The number of nitrogens with one attached hydrogen (secondary N) is 1. The standard InChI is InChI=1S/C16H23NO2S/c1-12-6-7-16(15-5-3-2-4-14(12)15)17-10-13-8-9-20(18,19)11-13/h2-5,12-13,16-17H,6-11H2,1H3. The van der Waals surface area contributed by atoms with Gasteiger partial charge in [0.1, 0.15) is 0 Å². The van der Waals surface area contributed by atoms with Crippen LogP contribution < -0.4 is 5.32 Å². The van der Waals surface area contributed by atoms with Gasteiger partial charge in [0.15, 0.2) is 9.84 Å². The molecule has 110 valence electrons. The summed E-state index contributed by atoms with van der Waals surface area (Å²) in [5.74, 6) is 1.67. The Hall–Kier alpha value is -0.870. The van der Waals surface area contributed by atoms with Crippen molar-refractivity contribution in [3.05, 3.63) is 35.4 Å². The van der Waals surface area contributed by atoms with Gasteiger partial charge in [-0.15, -0.1) is 0 Å². The largest absolute Gasteiger partial charge is 0.310 e. The van der Waals surface area contributed by atoms with Crippen LogP contribution in [0.25, 0.3) is 0 Å². The molecule has 0 aromatic heterocycles. The molecule has 1 aliphatic carbocycles. The fourth-order valence-electron chi connectivity index (χ4n) is 3.56. The molecule has 2 aliphatic rings. The van der Waals surface area contributed by atoms with E-state index in [0.717, 1.165) is 19.4 Å². The molecule has 1 aromatic carbocycles. The van der Waals surface area contributed by atoms with E-state index in [0.29, 0.717) is 29.4 Å². The lowest BCUT2D eigenvalue weighted by molar-refractivity contribution is 0.400. The highest BCUT2D eigenvalue weighted by molar-refractivity contribution is 7.91. The minimum Gasteiger partial charge on any atom is -0.310 e. The molecule has 0 saturated carbocycles. The first-order valence-electron chi connectivity index (χ1n) is 7.58. The smallest absolute Gasteiger partial charge is 0.150 e. The first-order chi connectivity index (χ1) is 9.55. The summed E-state index contributed by atoms with van der Waals surface area (Å²) in [4.78, 5) is 0. The molecule has 1 heterocycles. The van der Waals surface area contributed by atoms with Gasteiger partial charge in [-0.2, -0.15) is 0 Å². The lowest BCUT2D eigenvalue weighted by Crippen LogP contribution is -2.31. The number of benzene rings is 1. The van der Waals surface area contributed by atoms with Gasteiger partial charge in [-0.05, 0) is 48.8 Å². The highest BCUT2D eigenvalue weighted by atomic mass is 32.2. The molecular formula is C16H23NO2S. The van der Waals surface area contributed by atoms with Crippen LogP contribution in [0.3, 0.4) is 0 Å². The van der Waals surface area contributed by atoms with Gasteiger partial charge in [-0.1, -0.05) is 31.2 Å². The van der Waals surface area contributed by atoms with Crippen molar-refractivity contribution in [2.45, 2.75) is 38.1 Å². The Balaban J connectivity index is 1.66. The van der Waals surface area contributed by atoms with Crippen molar-refractivity contribution in [2.75, 3.05) is 18.1 Å². The monoisotopic (exact) mass is 293 g/mol. The lowest BCUT2D eigenvalue weighted by atomic mass is 9.81. The molecule has 0 amide bonds. The van der Waals surface area contributed by atoms with Crippen LogP contribution in [0.1, 0.15) is 49.3 Å². The zero-order valence-electron chi connectivity index (χ0n) is 12.0. The van der Waals surface area contributed by atoms with Gasteiger partial charge in [0, 0.05) is 6.04 Å². The zero-order chi connectivity index (χ0) is 14.2. The van der Waals surface area contributed by atoms with Gasteiger partial charge in [-0.3, -0.25) is 0 Å². The number of rotatable bonds is 3. The van der Waals surface area contributed by atoms with Crippen LogP contribution in [0.5, 0.6) is 0 Å². The summed E-state index contributed by atoms with van der Waals surface area (Å²) in [6, 6.07) is 9.06. The van der Waals surface area contributed by atoms with Gasteiger partial charge in [-0.25, -0.2) is 8.42 Å². The quantitative estimate of drug-likeness (QED) is 0.932. The van der Waals surface area contributed by atoms with Crippen molar-refractivity contribution >= 4 is 9.84 Å². The molecule has 3 unspecified atom stereocenters. The number of hydrogen-bond donors (Lipinski definition) is 1. The predicted molar refractivity (Wildman–Crippen MR) is 81.6 cm³/mol. The Kier molecular flexibility index (Phi) is 3.87. The molecule has 3 nitrogen and oxygen atoms in total. The van der Waals surface area contributed by atoms with Crippen molar-refractivity contribution in [1.82, 2.24) is 5.32 Å². The summed E-state index contributed by atoms with van der Waals surface area (Å²) in [7, 11) is -2.76. The maximum absolute atomic E-state index is 11.5. The average Bonchev–Trinajstić information content (AvgIpc) is 2.78. The zero-order valence-corrected chi connectivity index (χ0v) is 12.8. The summed E-state index contributed by atoms with van der Waals surface area (Å²) in [6.45, 7) is 3.12. The van der Waals surface area contributed by atoms with Crippen LogP contribution >= 0.6 is 0 Å².